The quantitative estimate of drug-likeness (QED) is 0.638. The first-order valence-corrected chi connectivity index (χ1v) is 9.60. The summed E-state index contributed by atoms with van der Waals surface area (Å²) in [5.74, 6) is 0.604. The molecule has 2 atom stereocenters. The number of amides is 1. The zero-order chi connectivity index (χ0) is 20.1. The normalized spacial score (nSPS) is 12.9. The summed E-state index contributed by atoms with van der Waals surface area (Å²) in [7, 11) is 0. The van der Waals surface area contributed by atoms with Crippen LogP contribution in [0.25, 0.3) is 0 Å². The fourth-order valence-corrected chi connectivity index (χ4v) is 3.23. The van der Waals surface area contributed by atoms with Crippen molar-refractivity contribution in [1.29, 1.82) is 0 Å². The van der Waals surface area contributed by atoms with Gasteiger partial charge in [-0.05, 0) is 61.6 Å². The van der Waals surface area contributed by atoms with E-state index in [9.17, 15) is 4.79 Å². The zero-order valence-electron chi connectivity index (χ0n) is 16.9. The maximum absolute atomic E-state index is 13.0. The zero-order valence-corrected chi connectivity index (χ0v) is 16.9. The number of carbonyl (C=O) groups is 1. The molecule has 0 aliphatic rings. The highest BCUT2D eigenvalue weighted by molar-refractivity contribution is 5.81. The molecule has 0 saturated carbocycles. The summed E-state index contributed by atoms with van der Waals surface area (Å²) in [6.45, 7) is 7.85. The van der Waals surface area contributed by atoms with E-state index in [1.54, 1.807) is 6.92 Å². The molecule has 3 rings (SSSR count). The summed E-state index contributed by atoms with van der Waals surface area (Å²) in [5.41, 5.74) is 5.39. The van der Waals surface area contributed by atoms with Crippen molar-refractivity contribution >= 4 is 5.91 Å². The molecular weight excluding hydrogens is 346 g/mol. The standard InChI is InChI=1S/C25H27NO2/c1-17-14-15-19(3)23(16-17)28-20(4)25(27)26-24(21-11-6-5-7-12-21)22-13-9-8-10-18(22)2/h5-16,20,24H,1-4H3,(H,26,27)/t20-,24-/m0/s1. The van der Waals surface area contributed by atoms with E-state index < -0.39 is 6.10 Å². The van der Waals surface area contributed by atoms with Crippen LogP contribution in [0.3, 0.4) is 0 Å². The number of rotatable bonds is 6. The lowest BCUT2D eigenvalue weighted by Gasteiger charge is -2.24. The van der Waals surface area contributed by atoms with E-state index in [4.69, 9.17) is 4.74 Å². The highest BCUT2D eigenvalue weighted by Gasteiger charge is 2.23. The second-order valence-corrected chi connectivity index (χ2v) is 7.24. The third-order valence-corrected chi connectivity index (χ3v) is 4.94. The van der Waals surface area contributed by atoms with E-state index in [0.29, 0.717) is 0 Å². The Morgan fingerprint density at radius 1 is 0.857 bits per heavy atom. The van der Waals surface area contributed by atoms with Gasteiger partial charge in [0.05, 0.1) is 6.04 Å². The lowest BCUT2D eigenvalue weighted by molar-refractivity contribution is -0.127. The van der Waals surface area contributed by atoms with E-state index in [1.807, 2.05) is 74.5 Å². The number of hydrogen-bond acceptors (Lipinski definition) is 2. The van der Waals surface area contributed by atoms with Gasteiger partial charge >= 0.3 is 0 Å². The molecule has 3 aromatic rings. The van der Waals surface area contributed by atoms with Gasteiger partial charge < -0.3 is 10.1 Å². The van der Waals surface area contributed by atoms with E-state index in [2.05, 4.69) is 24.4 Å². The summed E-state index contributed by atoms with van der Waals surface area (Å²) < 4.78 is 5.98. The third-order valence-electron chi connectivity index (χ3n) is 4.94. The second kappa shape index (κ2) is 8.75. The molecule has 0 saturated heterocycles. The summed E-state index contributed by atoms with van der Waals surface area (Å²) >= 11 is 0. The molecule has 1 N–H and O–H groups in total. The first-order chi connectivity index (χ1) is 13.5. The summed E-state index contributed by atoms with van der Waals surface area (Å²) in [5, 5.41) is 3.18. The molecule has 3 aromatic carbocycles. The van der Waals surface area contributed by atoms with Crippen LogP contribution >= 0.6 is 0 Å². The largest absolute Gasteiger partial charge is 0.481 e. The average Bonchev–Trinajstić information content (AvgIpc) is 2.70. The molecule has 0 radical (unpaired) electrons. The van der Waals surface area contributed by atoms with E-state index in [0.717, 1.165) is 33.6 Å². The predicted octanol–water partition coefficient (Wildman–Crippen LogP) is 5.28. The topological polar surface area (TPSA) is 38.3 Å². The van der Waals surface area contributed by atoms with Crippen molar-refractivity contribution in [3.63, 3.8) is 0 Å². The number of aryl methyl sites for hydroxylation is 3. The maximum atomic E-state index is 13.0. The number of ether oxygens (including phenoxy) is 1. The average molecular weight is 373 g/mol. The first-order valence-electron chi connectivity index (χ1n) is 9.60. The van der Waals surface area contributed by atoms with Crippen LogP contribution in [-0.2, 0) is 4.79 Å². The molecule has 3 nitrogen and oxygen atoms in total. The predicted molar refractivity (Wildman–Crippen MR) is 114 cm³/mol. The van der Waals surface area contributed by atoms with Crippen molar-refractivity contribution in [1.82, 2.24) is 5.32 Å². The number of nitrogens with one attached hydrogen (secondary N) is 1. The van der Waals surface area contributed by atoms with Gasteiger partial charge in [0.1, 0.15) is 5.75 Å². The van der Waals surface area contributed by atoms with E-state index in [1.165, 1.54) is 0 Å². The van der Waals surface area contributed by atoms with Gasteiger partial charge in [-0.2, -0.15) is 0 Å². The van der Waals surface area contributed by atoms with Crippen molar-refractivity contribution in [2.75, 3.05) is 0 Å². The van der Waals surface area contributed by atoms with E-state index >= 15 is 0 Å². The molecule has 144 valence electrons. The Kier molecular flexibility index (Phi) is 6.15. The van der Waals surface area contributed by atoms with Crippen LogP contribution in [0.2, 0.25) is 0 Å². The van der Waals surface area contributed by atoms with Gasteiger partial charge in [0.2, 0.25) is 0 Å². The monoisotopic (exact) mass is 373 g/mol. The van der Waals surface area contributed by atoms with Gasteiger partial charge in [-0.1, -0.05) is 66.7 Å². The molecule has 0 unspecified atom stereocenters. The Morgan fingerprint density at radius 3 is 2.25 bits per heavy atom. The van der Waals surface area contributed by atoms with Crippen molar-refractivity contribution in [2.45, 2.75) is 39.8 Å². The van der Waals surface area contributed by atoms with E-state index in [-0.39, 0.29) is 11.9 Å². The molecule has 28 heavy (non-hydrogen) atoms. The highest BCUT2D eigenvalue weighted by atomic mass is 16.5. The van der Waals surface area contributed by atoms with Gasteiger partial charge in [-0.25, -0.2) is 0 Å². The third kappa shape index (κ3) is 4.61. The Morgan fingerprint density at radius 2 is 1.54 bits per heavy atom. The molecule has 0 aliphatic heterocycles. The smallest absolute Gasteiger partial charge is 0.261 e. The molecule has 0 fully saturated rings. The van der Waals surface area contributed by atoms with Crippen LogP contribution in [0, 0.1) is 20.8 Å². The fraction of sp³-hybridized carbons (Fsp3) is 0.240. The summed E-state index contributed by atoms with van der Waals surface area (Å²) in [6, 6.07) is 24.0. The number of hydrogen-bond donors (Lipinski definition) is 1. The fourth-order valence-electron chi connectivity index (χ4n) is 3.23. The van der Waals surface area contributed by atoms with Gasteiger partial charge in [-0.15, -0.1) is 0 Å². The molecule has 0 bridgehead atoms. The van der Waals surface area contributed by atoms with Crippen LogP contribution in [0.5, 0.6) is 5.75 Å². The van der Waals surface area contributed by atoms with Crippen LogP contribution in [0.1, 0.15) is 40.8 Å². The molecule has 0 aliphatic carbocycles. The molecule has 1 amide bonds. The van der Waals surface area contributed by atoms with Crippen LogP contribution in [0.15, 0.2) is 72.8 Å². The van der Waals surface area contributed by atoms with Gasteiger partial charge in [-0.3, -0.25) is 4.79 Å². The minimum atomic E-state index is -0.601. The summed E-state index contributed by atoms with van der Waals surface area (Å²) in [4.78, 5) is 13.0. The van der Waals surface area contributed by atoms with Gasteiger partial charge in [0.15, 0.2) is 6.10 Å². The molecule has 0 heterocycles. The molecule has 0 spiro atoms. The van der Waals surface area contributed by atoms with Crippen molar-refractivity contribution < 1.29 is 9.53 Å². The van der Waals surface area contributed by atoms with Crippen LogP contribution in [0.4, 0.5) is 0 Å². The van der Waals surface area contributed by atoms with Crippen molar-refractivity contribution in [3.05, 3.63) is 101 Å². The molecule has 3 heteroatoms. The Hall–Kier alpha value is -3.07. The molecular formula is C25H27NO2. The second-order valence-electron chi connectivity index (χ2n) is 7.24. The van der Waals surface area contributed by atoms with Crippen molar-refractivity contribution in [2.24, 2.45) is 0 Å². The summed E-state index contributed by atoms with van der Waals surface area (Å²) in [6.07, 6.45) is -0.601. The molecule has 0 aromatic heterocycles. The van der Waals surface area contributed by atoms with Crippen LogP contribution < -0.4 is 10.1 Å². The highest BCUT2D eigenvalue weighted by Crippen LogP contribution is 2.26. The Balaban J connectivity index is 1.83. The van der Waals surface area contributed by atoms with Gasteiger partial charge in [0.25, 0.3) is 5.91 Å². The van der Waals surface area contributed by atoms with Crippen molar-refractivity contribution in [3.8, 4) is 5.75 Å². The Labute approximate surface area is 167 Å². The maximum Gasteiger partial charge on any atom is 0.261 e. The number of carbonyl (C=O) groups excluding carboxylic acids is 1. The van der Waals surface area contributed by atoms with Gasteiger partial charge in [0, 0.05) is 0 Å². The SMILES string of the molecule is Cc1ccc(C)c(O[C@@H](C)C(=O)N[C@@H](c2ccccc2)c2ccccc2C)c1. The lowest BCUT2D eigenvalue weighted by atomic mass is 9.95. The minimum Gasteiger partial charge on any atom is -0.481 e. The van der Waals surface area contributed by atoms with Crippen LogP contribution in [-0.4, -0.2) is 12.0 Å². The number of benzene rings is 3. The lowest BCUT2D eigenvalue weighted by Crippen LogP contribution is -2.39. The first kappa shape index (κ1) is 19.7. The Bertz CT molecular complexity index is 950. The minimum absolute atomic E-state index is 0.141.